The summed E-state index contributed by atoms with van der Waals surface area (Å²) in [5.41, 5.74) is 2.14. The van der Waals surface area contributed by atoms with Gasteiger partial charge in [-0.1, -0.05) is 0 Å². The molecule has 0 aliphatic heterocycles. The zero-order chi connectivity index (χ0) is 13.3. The summed E-state index contributed by atoms with van der Waals surface area (Å²) < 4.78 is 1.12. The van der Waals surface area contributed by atoms with Gasteiger partial charge in [-0.2, -0.15) is 0 Å². The van der Waals surface area contributed by atoms with Gasteiger partial charge in [-0.25, -0.2) is 9.97 Å². The minimum absolute atomic E-state index is 0.799. The minimum Gasteiger partial charge on any atom is -0.370 e. The Hall–Kier alpha value is -0.940. The molecule has 2 heterocycles. The molecule has 0 saturated carbocycles. The van der Waals surface area contributed by atoms with E-state index in [-0.39, 0.29) is 0 Å². The number of nitrogens with zero attached hydrogens (tertiary/aromatic N) is 2. The summed E-state index contributed by atoms with van der Waals surface area (Å²) in [6, 6.07) is 2.08. The molecule has 2 aromatic rings. The SMILES string of the molecule is CCNc1nc(-c2cc(Br)c(C)s2)nc(C)c1C. The standard InChI is InChI=1S/C13H16BrN3S/c1-5-15-12-7(2)8(3)16-13(17-12)11-6-10(14)9(4)18-11/h6H,5H2,1-4H3,(H,15,16,17). The molecule has 0 radical (unpaired) electrons. The van der Waals surface area contributed by atoms with Crippen molar-refractivity contribution < 1.29 is 0 Å². The highest BCUT2D eigenvalue weighted by molar-refractivity contribution is 9.10. The van der Waals surface area contributed by atoms with E-state index >= 15 is 0 Å². The number of anilines is 1. The fourth-order valence-corrected chi connectivity index (χ4v) is 3.12. The van der Waals surface area contributed by atoms with Crippen LogP contribution in [0.3, 0.4) is 0 Å². The lowest BCUT2D eigenvalue weighted by Gasteiger charge is -2.10. The second-order valence-corrected chi connectivity index (χ2v) is 6.26. The van der Waals surface area contributed by atoms with Crippen molar-refractivity contribution in [3.05, 3.63) is 26.7 Å². The largest absolute Gasteiger partial charge is 0.370 e. The van der Waals surface area contributed by atoms with Gasteiger partial charge in [-0.05, 0) is 49.7 Å². The maximum absolute atomic E-state index is 4.61. The van der Waals surface area contributed by atoms with Crippen LogP contribution >= 0.6 is 27.3 Å². The number of nitrogens with one attached hydrogen (secondary N) is 1. The van der Waals surface area contributed by atoms with E-state index in [1.807, 2.05) is 13.8 Å². The second-order valence-electron chi connectivity index (χ2n) is 4.15. The summed E-state index contributed by atoms with van der Waals surface area (Å²) >= 11 is 5.24. The molecule has 2 rings (SSSR count). The zero-order valence-electron chi connectivity index (χ0n) is 11.0. The molecule has 1 N–H and O–H groups in total. The van der Waals surface area contributed by atoms with Crippen molar-refractivity contribution in [2.24, 2.45) is 0 Å². The summed E-state index contributed by atoms with van der Waals surface area (Å²) in [6.07, 6.45) is 0. The van der Waals surface area contributed by atoms with Gasteiger partial charge >= 0.3 is 0 Å². The third-order valence-electron chi connectivity index (χ3n) is 2.81. The highest BCUT2D eigenvalue weighted by atomic mass is 79.9. The monoisotopic (exact) mass is 325 g/mol. The van der Waals surface area contributed by atoms with Crippen LogP contribution in [-0.2, 0) is 0 Å². The number of rotatable bonds is 3. The van der Waals surface area contributed by atoms with Crippen molar-refractivity contribution in [3.8, 4) is 10.7 Å². The first-order valence-corrected chi connectivity index (χ1v) is 7.49. The van der Waals surface area contributed by atoms with Gasteiger partial charge in [0.1, 0.15) is 5.82 Å². The van der Waals surface area contributed by atoms with E-state index in [0.717, 1.165) is 38.8 Å². The first-order chi connectivity index (χ1) is 8.52. The van der Waals surface area contributed by atoms with Crippen LogP contribution in [0.5, 0.6) is 0 Å². The number of thiophene rings is 1. The van der Waals surface area contributed by atoms with E-state index in [4.69, 9.17) is 0 Å². The summed E-state index contributed by atoms with van der Waals surface area (Å²) in [6.45, 7) is 9.10. The van der Waals surface area contributed by atoms with Crippen molar-refractivity contribution in [1.29, 1.82) is 0 Å². The van der Waals surface area contributed by atoms with Crippen LogP contribution in [0.15, 0.2) is 10.5 Å². The minimum atomic E-state index is 0.799. The summed E-state index contributed by atoms with van der Waals surface area (Å²) in [4.78, 5) is 11.5. The van der Waals surface area contributed by atoms with Gasteiger partial charge < -0.3 is 5.32 Å². The number of aryl methyl sites for hydroxylation is 2. The quantitative estimate of drug-likeness (QED) is 0.912. The Kier molecular flexibility index (Phi) is 4.02. The molecule has 0 atom stereocenters. The van der Waals surface area contributed by atoms with Gasteiger partial charge in [-0.15, -0.1) is 11.3 Å². The maximum Gasteiger partial charge on any atom is 0.171 e. The van der Waals surface area contributed by atoms with Gasteiger partial charge in [0.25, 0.3) is 0 Å². The Morgan fingerprint density at radius 2 is 2.00 bits per heavy atom. The Balaban J connectivity index is 2.51. The van der Waals surface area contributed by atoms with E-state index in [1.54, 1.807) is 11.3 Å². The molecule has 0 unspecified atom stereocenters. The molecule has 5 heteroatoms. The maximum atomic E-state index is 4.61. The highest BCUT2D eigenvalue weighted by Crippen LogP contribution is 2.33. The lowest BCUT2D eigenvalue weighted by molar-refractivity contribution is 1.05. The first kappa shape index (κ1) is 13.5. The molecule has 96 valence electrons. The molecule has 0 aliphatic carbocycles. The second kappa shape index (κ2) is 5.36. The predicted molar refractivity (Wildman–Crippen MR) is 81.4 cm³/mol. The van der Waals surface area contributed by atoms with Gasteiger partial charge in [0.15, 0.2) is 5.82 Å². The molecule has 18 heavy (non-hydrogen) atoms. The summed E-state index contributed by atoms with van der Waals surface area (Å²) in [5, 5.41) is 3.29. The van der Waals surface area contributed by atoms with Gasteiger partial charge in [0.05, 0.1) is 4.88 Å². The average Bonchev–Trinajstić information content (AvgIpc) is 2.65. The first-order valence-electron chi connectivity index (χ1n) is 5.88. The molecule has 0 amide bonds. The average molecular weight is 326 g/mol. The normalized spacial score (nSPS) is 10.7. The predicted octanol–water partition coefficient (Wildman–Crippen LogP) is 4.32. The molecule has 0 aliphatic rings. The number of halogens is 1. The topological polar surface area (TPSA) is 37.8 Å². The van der Waals surface area contributed by atoms with E-state index in [0.29, 0.717) is 0 Å². The highest BCUT2D eigenvalue weighted by Gasteiger charge is 2.12. The number of hydrogen-bond acceptors (Lipinski definition) is 4. The van der Waals surface area contributed by atoms with Crippen molar-refractivity contribution in [3.63, 3.8) is 0 Å². The van der Waals surface area contributed by atoms with Crippen molar-refractivity contribution in [2.75, 3.05) is 11.9 Å². The van der Waals surface area contributed by atoms with Gasteiger partial charge in [-0.3, -0.25) is 0 Å². The fraction of sp³-hybridized carbons (Fsp3) is 0.385. The Morgan fingerprint density at radius 3 is 2.56 bits per heavy atom. The zero-order valence-corrected chi connectivity index (χ0v) is 13.4. The van der Waals surface area contributed by atoms with Gasteiger partial charge in [0, 0.05) is 27.2 Å². The van der Waals surface area contributed by atoms with Crippen molar-refractivity contribution in [1.82, 2.24) is 9.97 Å². The Labute approximate surface area is 120 Å². The molecule has 0 fully saturated rings. The van der Waals surface area contributed by atoms with E-state index in [9.17, 15) is 0 Å². The molecular formula is C13H16BrN3S. The number of hydrogen-bond donors (Lipinski definition) is 1. The van der Waals surface area contributed by atoms with E-state index < -0.39 is 0 Å². The van der Waals surface area contributed by atoms with Gasteiger partial charge in [0.2, 0.25) is 0 Å². The number of aromatic nitrogens is 2. The molecular weight excluding hydrogens is 310 g/mol. The summed E-state index contributed by atoms with van der Waals surface area (Å²) in [5.74, 6) is 1.73. The van der Waals surface area contributed by atoms with Crippen LogP contribution in [0.1, 0.15) is 23.1 Å². The Morgan fingerprint density at radius 1 is 1.28 bits per heavy atom. The third-order valence-corrected chi connectivity index (χ3v) is 4.94. The van der Waals surface area contributed by atoms with E-state index in [2.05, 4.69) is 51.1 Å². The smallest absolute Gasteiger partial charge is 0.171 e. The molecule has 2 aromatic heterocycles. The lowest BCUT2D eigenvalue weighted by Crippen LogP contribution is -2.05. The molecule has 0 spiro atoms. The van der Waals surface area contributed by atoms with Crippen molar-refractivity contribution in [2.45, 2.75) is 27.7 Å². The summed E-state index contributed by atoms with van der Waals surface area (Å²) in [7, 11) is 0. The lowest BCUT2D eigenvalue weighted by atomic mass is 10.2. The van der Waals surface area contributed by atoms with Crippen LogP contribution in [-0.4, -0.2) is 16.5 Å². The third kappa shape index (κ3) is 2.57. The van der Waals surface area contributed by atoms with Crippen LogP contribution in [0.25, 0.3) is 10.7 Å². The van der Waals surface area contributed by atoms with Crippen LogP contribution in [0.2, 0.25) is 0 Å². The van der Waals surface area contributed by atoms with E-state index in [1.165, 1.54) is 4.88 Å². The van der Waals surface area contributed by atoms with Crippen LogP contribution in [0, 0.1) is 20.8 Å². The Bertz CT molecular complexity index is 558. The molecule has 0 aromatic carbocycles. The van der Waals surface area contributed by atoms with Crippen molar-refractivity contribution >= 4 is 33.1 Å². The van der Waals surface area contributed by atoms with Crippen LogP contribution < -0.4 is 5.32 Å². The molecule has 3 nitrogen and oxygen atoms in total. The van der Waals surface area contributed by atoms with Crippen LogP contribution in [0.4, 0.5) is 5.82 Å². The molecule has 0 bridgehead atoms. The molecule has 0 saturated heterocycles. The fourth-order valence-electron chi connectivity index (χ4n) is 1.65.